The largest absolute Gasteiger partial charge is 0.490 e. The Labute approximate surface area is 123 Å². The van der Waals surface area contributed by atoms with Crippen LogP contribution >= 0.6 is 22.6 Å². The van der Waals surface area contributed by atoms with E-state index < -0.39 is 7.12 Å². The van der Waals surface area contributed by atoms with Crippen LogP contribution in [0.3, 0.4) is 0 Å². The summed E-state index contributed by atoms with van der Waals surface area (Å²) in [5.74, 6) is -0.342. The summed E-state index contributed by atoms with van der Waals surface area (Å²) in [4.78, 5) is 12.1. The second-order valence-electron chi connectivity index (χ2n) is 3.92. The topological polar surface area (TPSA) is 87.4 Å². The van der Waals surface area contributed by atoms with E-state index in [1.54, 1.807) is 36.1 Å². The number of benzene rings is 1. The molecule has 0 atom stereocenters. The Balaban J connectivity index is 2.27. The monoisotopic (exact) mass is 371 g/mol. The second kappa shape index (κ2) is 5.72. The Morgan fingerprint density at radius 1 is 1.42 bits per heavy atom. The van der Waals surface area contributed by atoms with Crippen LogP contribution in [0, 0.1) is 3.70 Å². The Hall–Kier alpha value is -1.39. The first kappa shape index (κ1) is 14.0. The fourth-order valence-corrected chi connectivity index (χ4v) is 2.36. The van der Waals surface area contributed by atoms with Crippen molar-refractivity contribution in [2.45, 2.75) is 0 Å². The molecule has 0 spiro atoms. The van der Waals surface area contributed by atoms with Crippen LogP contribution in [0.25, 0.3) is 0 Å². The number of hydrogen-bond acceptors (Lipinski definition) is 4. The van der Waals surface area contributed by atoms with Gasteiger partial charge in [0, 0.05) is 24.4 Å². The smallest absolute Gasteiger partial charge is 0.423 e. The molecule has 1 heterocycles. The zero-order valence-corrected chi connectivity index (χ0v) is 12.2. The Morgan fingerprint density at radius 2 is 2.11 bits per heavy atom. The van der Waals surface area contributed by atoms with Crippen molar-refractivity contribution < 1.29 is 14.8 Å². The highest BCUT2D eigenvalue weighted by atomic mass is 127. The van der Waals surface area contributed by atoms with E-state index in [1.807, 2.05) is 22.6 Å². The number of aryl methyl sites for hydroxylation is 1. The lowest BCUT2D eigenvalue weighted by molar-refractivity contribution is 0.102. The highest BCUT2D eigenvalue weighted by Gasteiger charge is 2.19. The van der Waals surface area contributed by atoms with Gasteiger partial charge in [0.2, 0.25) is 0 Å². The van der Waals surface area contributed by atoms with Gasteiger partial charge in [0.25, 0.3) is 5.91 Å². The molecular weight excluding hydrogens is 360 g/mol. The van der Waals surface area contributed by atoms with Crippen LogP contribution in [-0.4, -0.2) is 32.9 Å². The standard InChI is InChI=1S/C11H11BIN3O3/c1-16-6-7(10(13)15-16)11(17)14-9-5-3-2-4-8(9)12(18)19/h2-6,18-19H,1H3,(H,14,17). The van der Waals surface area contributed by atoms with Crippen molar-refractivity contribution in [1.29, 1.82) is 0 Å². The molecular formula is C11H11BIN3O3. The number of amides is 1. The third kappa shape index (κ3) is 3.14. The highest BCUT2D eigenvalue weighted by molar-refractivity contribution is 14.1. The lowest BCUT2D eigenvalue weighted by Crippen LogP contribution is -2.33. The summed E-state index contributed by atoms with van der Waals surface area (Å²) in [5, 5.41) is 25.2. The van der Waals surface area contributed by atoms with Crippen LogP contribution in [0.2, 0.25) is 0 Å². The minimum absolute atomic E-state index is 0.245. The minimum Gasteiger partial charge on any atom is -0.423 e. The number of halogens is 1. The van der Waals surface area contributed by atoms with E-state index in [9.17, 15) is 14.8 Å². The molecule has 0 bridgehead atoms. The summed E-state index contributed by atoms with van der Waals surface area (Å²) in [7, 11) is 0.0918. The van der Waals surface area contributed by atoms with Crippen molar-refractivity contribution in [3.8, 4) is 0 Å². The summed E-state index contributed by atoms with van der Waals surface area (Å²) in [6, 6.07) is 6.51. The van der Waals surface area contributed by atoms with Crippen molar-refractivity contribution >= 4 is 46.8 Å². The van der Waals surface area contributed by atoms with Gasteiger partial charge in [-0.05, 0) is 28.7 Å². The van der Waals surface area contributed by atoms with Gasteiger partial charge in [-0.15, -0.1) is 0 Å². The number of nitrogens with zero attached hydrogens (tertiary/aromatic N) is 2. The molecule has 0 fully saturated rings. The number of rotatable bonds is 3. The molecule has 3 N–H and O–H groups in total. The van der Waals surface area contributed by atoms with Crippen LogP contribution in [0.1, 0.15) is 10.4 Å². The highest BCUT2D eigenvalue weighted by Crippen LogP contribution is 2.12. The fourth-order valence-electron chi connectivity index (χ4n) is 1.64. The van der Waals surface area contributed by atoms with E-state index in [0.29, 0.717) is 15.0 Å². The van der Waals surface area contributed by atoms with E-state index >= 15 is 0 Å². The maximum Gasteiger partial charge on any atom is 0.490 e. The summed E-state index contributed by atoms with van der Waals surface area (Å²) in [5.41, 5.74) is 1.04. The predicted octanol–water partition coefficient (Wildman–Crippen LogP) is -0.0432. The Morgan fingerprint density at radius 3 is 2.68 bits per heavy atom. The number of nitrogens with one attached hydrogen (secondary N) is 1. The number of anilines is 1. The van der Waals surface area contributed by atoms with E-state index in [-0.39, 0.29) is 11.4 Å². The molecule has 98 valence electrons. The van der Waals surface area contributed by atoms with Crippen molar-refractivity contribution in [2.24, 2.45) is 7.05 Å². The van der Waals surface area contributed by atoms with Crippen molar-refractivity contribution in [3.05, 3.63) is 39.7 Å². The molecule has 1 aromatic carbocycles. The molecule has 0 saturated carbocycles. The first-order valence-electron chi connectivity index (χ1n) is 5.44. The van der Waals surface area contributed by atoms with Gasteiger partial charge in [-0.25, -0.2) is 0 Å². The summed E-state index contributed by atoms with van der Waals surface area (Å²) >= 11 is 1.97. The second-order valence-corrected chi connectivity index (χ2v) is 4.94. The number of para-hydroxylation sites is 1. The van der Waals surface area contributed by atoms with Crippen molar-refractivity contribution in [1.82, 2.24) is 9.78 Å². The van der Waals surface area contributed by atoms with Crippen LogP contribution in [-0.2, 0) is 7.05 Å². The van der Waals surface area contributed by atoms with Gasteiger partial charge >= 0.3 is 7.12 Å². The Kier molecular flexibility index (Phi) is 4.22. The molecule has 0 unspecified atom stereocenters. The number of carbonyl (C=O) groups is 1. The molecule has 1 amide bonds. The lowest BCUT2D eigenvalue weighted by atomic mass is 9.79. The number of aromatic nitrogens is 2. The molecule has 2 rings (SSSR count). The van der Waals surface area contributed by atoms with Crippen LogP contribution in [0.4, 0.5) is 5.69 Å². The van der Waals surface area contributed by atoms with Crippen LogP contribution in [0.5, 0.6) is 0 Å². The third-order valence-corrected chi connectivity index (χ3v) is 3.31. The zero-order valence-electron chi connectivity index (χ0n) is 10.0. The summed E-state index contributed by atoms with van der Waals surface area (Å²) < 4.78 is 2.13. The number of carbonyl (C=O) groups excluding carboxylic acids is 1. The van der Waals surface area contributed by atoms with Gasteiger partial charge < -0.3 is 15.4 Å². The van der Waals surface area contributed by atoms with Crippen molar-refractivity contribution in [3.63, 3.8) is 0 Å². The van der Waals surface area contributed by atoms with Gasteiger partial charge in [0.1, 0.15) is 3.70 Å². The van der Waals surface area contributed by atoms with E-state index in [2.05, 4.69) is 10.4 Å². The molecule has 0 aliphatic rings. The molecule has 2 aromatic rings. The average molecular weight is 371 g/mol. The van der Waals surface area contributed by atoms with E-state index in [4.69, 9.17) is 0 Å². The quantitative estimate of drug-likeness (QED) is 0.522. The zero-order chi connectivity index (χ0) is 14.0. The summed E-state index contributed by atoms with van der Waals surface area (Å²) in [6.07, 6.45) is 1.61. The summed E-state index contributed by atoms with van der Waals surface area (Å²) in [6.45, 7) is 0. The minimum atomic E-state index is -1.63. The molecule has 19 heavy (non-hydrogen) atoms. The van der Waals surface area contributed by atoms with Gasteiger partial charge in [-0.3, -0.25) is 9.48 Å². The fraction of sp³-hybridized carbons (Fsp3) is 0.0909. The third-order valence-electron chi connectivity index (χ3n) is 2.52. The van der Waals surface area contributed by atoms with E-state index in [1.165, 1.54) is 6.07 Å². The normalized spacial score (nSPS) is 10.3. The van der Waals surface area contributed by atoms with Gasteiger partial charge in [-0.1, -0.05) is 18.2 Å². The average Bonchev–Trinajstić information content (AvgIpc) is 2.69. The molecule has 0 aliphatic heterocycles. The van der Waals surface area contributed by atoms with Crippen LogP contribution in [0.15, 0.2) is 30.5 Å². The maximum absolute atomic E-state index is 12.1. The van der Waals surface area contributed by atoms with Gasteiger partial charge in [0.15, 0.2) is 0 Å². The van der Waals surface area contributed by atoms with Gasteiger partial charge in [-0.2, -0.15) is 5.10 Å². The van der Waals surface area contributed by atoms with E-state index in [0.717, 1.165) is 0 Å². The SMILES string of the molecule is Cn1cc(C(=O)Nc2ccccc2B(O)O)c(I)n1. The molecule has 0 saturated heterocycles. The maximum atomic E-state index is 12.1. The molecule has 8 heteroatoms. The predicted molar refractivity (Wildman–Crippen MR) is 80.1 cm³/mol. The molecule has 6 nitrogen and oxygen atoms in total. The number of hydrogen-bond donors (Lipinski definition) is 3. The molecule has 0 radical (unpaired) electrons. The van der Waals surface area contributed by atoms with Crippen molar-refractivity contribution in [2.75, 3.05) is 5.32 Å². The van der Waals surface area contributed by atoms with Gasteiger partial charge in [0.05, 0.1) is 5.56 Å². The van der Waals surface area contributed by atoms with Crippen LogP contribution < -0.4 is 10.8 Å². The first-order chi connectivity index (χ1) is 8.99. The Bertz CT molecular complexity index is 615. The molecule has 0 aliphatic carbocycles. The lowest BCUT2D eigenvalue weighted by Gasteiger charge is -2.09. The molecule has 1 aromatic heterocycles. The first-order valence-corrected chi connectivity index (χ1v) is 6.52.